The van der Waals surface area contributed by atoms with Crippen LogP contribution in [0.2, 0.25) is 0 Å². The lowest BCUT2D eigenvalue weighted by atomic mass is 10.3. The normalized spacial score (nSPS) is 16.3. The minimum Gasteiger partial charge on any atom is -0.353 e. The maximum atomic E-state index is 11.5. The number of urea groups is 1. The van der Waals surface area contributed by atoms with Crippen molar-refractivity contribution in [2.45, 2.75) is 19.9 Å². The van der Waals surface area contributed by atoms with E-state index in [0.29, 0.717) is 5.82 Å². The van der Waals surface area contributed by atoms with E-state index in [1.807, 2.05) is 19.9 Å². The molecule has 110 valence electrons. The van der Waals surface area contributed by atoms with Gasteiger partial charge in [-0.1, -0.05) is 0 Å². The van der Waals surface area contributed by atoms with Crippen LogP contribution in [0, 0.1) is 0 Å². The predicted molar refractivity (Wildman–Crippen MR) is 79.0 cm³/mol. The predicted octanol–water partition coefficient (Wildman–Crippen LogP) is 0.758. The first kappa shape index (κ1) is 14.5. The summed E-state index contributed by atoms with van der Waals surface area (Å²) >= 11 is 0. The molecule has 2 amide bonds. The number of amides is 2. The first-order chi connectivity index (χ1) is 9.54. The number of aromatic nitrogens is 2. The molecule has 1 fully saturated rings. The summed E-state index contributed by atoms with van der Waals surface area (Å²) in [6.45, 7) is 7.76. The molecule has 1 aliphatic rings. The van der Waals surface area contributed by atoms with Crippen LogP contribution >= 0.6 is 0 Å². The molecule has 0 unspecified atom stereocenters. The minimum atomic E-state index is -0.262. The molecule has 1 aromatic heterocycles. The Hall–Kier alpha value is -1.89. The van der Waals surface area contributed by atoms with Crippen molar-refractivity contribution in [1.82, 2.24) is 20.4 Å². The maximum absolute atomic E-state index is 11.5. The van der Waals surface area contributed by atoms with Gasteiger partial charge in [0.05, 0.1) is 0 Å². The molecule has 20 heavy (non-hydrogen) atoms. The maximum Gasteiger partial charge on any atom is 0.320 e. The van der Waals surface area contributed by atoms with Crippen LogP contribution in [-0.2, 0) is 0 Å². The lowest BCUT2D eigenvalue weighted by Gasteiger charge is -2.32. The third-order valence-corrected chi connectivity index (χ3v) is 3.14. The molecule has 1 aliphatic heterocycles. The van der Waals surface area contributed by atoms with Gasteiger partial charge < -0.3 is 15.1 Å². The van der Waals surface area contributed by atoms with E-state index in [-0.39, 0.29) is 12.1 Å². The van der Waals surface area contributed by atoms with Crippen LogP contribution in [-0.4, -0.2) is 60.4 Å². The molecule has 0 radical (unpaired) electrons. The standard InChI is InChI=1S/C13H22N6O/c1-10(2)14-13(20)15-11-4-5-12(17-16-11)19-8-6-18(3)7-9-19/h4-5,10H,6-9H2,1-3H3,(H2,14,15,16,20). The van der Waals surface area contributed by atoms with Crippen LogP contribution in [0.3, 0.4) is 0 Å². The van der Waals surface area contributed by atoms with Gasteiger partial charge in [-0.25, -0.2) is 4.79 Å². The second kappa shape index (κ2) is 6.51. The Morgan fingerprint density at radius 1 is 1.20 bits per heavy atom. The van der Waals surface area contributed by atoms with Gasteiger partial charge in [0.15, 0.2) is 11.6 Å². The molecule has 0 spiro atoms. The highest BCUT2D eigenvalue weighted by Crippen LogP contribution is 2.13. The van der Waals surface area contributed by atoms with E-state index < -0.39 is 0 Å². The van der Waals surface area contributed by atoms with Crippen molar-refractivity contribution in [2.75, 3.05) is 43.4 Å². The van der Waals surface area contributed by atoms with E-state index in [9.17, 15) is 4.79 Å². The SMILES string of the molecule is CC(C)NC(=O)Nc1ccc(N2CCN(C)CC2)nn1. The van der Waals surface area contributed by atoms with E-state index in [4.69, 9.17) is 0 Å². The van der Waals surface area contributed by atoms with Gasteiger partial charge in [-0.2, -0.15) is 0 Å². The van der Waals surface area contributed by atoms with Gasteiger partial charge in [-0.15, -0.1) is 10.2 Å². The van der Waals surface area contributed by atoms with Gasteiger partial charge in [0.1, 0.15) is 0 Å². The zero-order valence-electron chi connectivity index (χ0n) is 12.3. The van der Waals surface area contributed by atoms with Gasteiger partial charge >= 0.3 is 6.03 Å². The average Bonchev–Trinajstić information content (AvgIpc) is 2.39. The summed E-state index contributed by atoms with van der Waals surface area (Å²) in [6.07, 6.45) is 0. The van der Waals surface area contributed by atoms with Crippen molar-refractivity contribution >= 4 is 17.7 Å². The molecule has 1 aromatic rings. The molecule has 0 aliphatic carbocycles. The fraction of sp³-hybridized carbons (Fsp3) is 0.615. The number of rotatable bonds is 3. The second-order valence-electron chi connectivity index (χ2n) is 5.32. The fourth-order valence-electron chi connectivity index (χ4n) is 2.01. The molecular weight excluding hydrogens is 256 g/mol. The van der Waals surface area contributed by atoms with Crippen molar-refractivity contribution in [3.63, 3.8) is 0 Å². The Balaban J connectivity index is 1.91. The topological polar surface area (TPSA) is 73.4 Å². The number of carbonyl (C=O) groups excluding carboxylic acids is 1. The number of piperazine rings is 1. The highest BCUT2D eigenvalue weighted by molar-refractivity contribution is 5.88. The largest absolute Gasteiger partial charge is 0.353 e. The van der Waals surface area contributed by atoms with Crippen LogP contribution in [0.15, 0.2) is 12.1 Å². The summed E-state index contributed by atoms with van der Waals surface area (Å²) in [4.78, 5) is 16.0. The van der Waals surface area contributed by atoms with Crippen LogP contribution in [0.1, 0.15) is 13.8 Å². The highest BCUT2D eigenvalue weighted by Gasteiger charge is 2.15. The summed E-state index contributed by atoms with van der Waals surface area (Å²) in [5, 5.41) is 13.6. The Morgan fingerprint density at radius 2 is 1.90 bits per heavy atom. The Morgan fingerprint density at radius 3 is 2.45 bits per heavy atom. The van der Waals surface area contributed by atoms with E-state index >= 15 is 0 Å². The third kappa shape index (κ3) is 4.06. The first-order valence-electron chi connectivity index (χ1n) is 6.89. The first-order valence-corrected chi connectivity index (χ1v) is 6.89. The summed E-state index contributed by atoms with van der Waals surface area (Å²) < 4.78 is 0. The van der Waals surface area contributed by atoms with Crippen molar-refractivity contribution in [3.05, 3.63) is 12.1 Å². The molecule has 7 nitrogen and oxygen atoms in total. The zero-order chi connectivity index (χ0) is 14.5. The Labute approximate surface area is 119 Å². The molecule has 2 heterocycles. The monoisotopic (exact) mass is 278 g/mol. The van der Waals surface area contributed by atoms with Crippen molar-refractivity contribution < 1.29 is 4.79 Å². The van der Waals surface area contributed by atoms with Crippen LogP contribution in [0.4, 0.5) is 16.4 Å². The smallest absolute Gasteiger partial charge is 0.320 e. The van der Waals surface area contributed by atoms with Crippen LogP contribution in [0.5, 0.6) is 0 Å². The molecule has 0 aromatic carbocycles. The number of nitrogens with zero attached hydrogens (tertiary/aromatic N) is 4. The zero-order valence-corrected chi connectivity index (χ0v) is 12.3. The number of carbonyl (C=O) groups is 1. The number of anilines is 2. The molecule has 7 heteroatoms. The number of likely N-dealkylation sites (N-methyl/N-ethyl adjacent to an activating group) is 1. The van der Waals surface area contributed by atoms with Crippen molar-refractivity contribution in [2.24, 2.45) is 0 Å². The third-order valence-electron chi connectivity index (χ3n) is 3.14. The van der Waals surface area contributed by atoms with Crippen molar-refractivity contribution in [3.8, 4) is 0 Å². The number of hydrogen-bond acceptors (Lipinski definition) is 5. The van der Waals surface area contributed by atoms with Gasteiger partial charge in [0.2, 0.25) is 0 Å². The van der Waals surface area contributed by atoms with Gasteiger partial charge in [-0.3, -0.25) is 5.32 Å². The molecule has 2 rings (SSSR count). The quantitative estimate of drug-likeness (QED) is 0.854. The van der Waals surface area contributed by atoms with Gasteiger partial charge in [0, 0.05) is 32.2 Å². The lowest BCUT2D eigenvalue weighted by molar-refractivity contribution is 0.250. The molecule has 1 saturated heterocycles. The summed E-state index contributed by atoms with van der Waals surface area (Å²) in [6, 6.07) is 3.50. The highest BCUT2D eigenvalue weighted by atomic mass is 16.2. The van der Waals surface area contributed by atoms with Crippen LogP contribution in [0.25, 0.3) is 0 Å². The summed E-state index contributed by atoms with van der Waals surface area (Å²) in [7, 11) is 2.11. The molecular formula is C13H22N6O. The van der Waals surface area contributed by atoms with Gasteiger partial charge in [0.25, 0.3) is 0 Å². The second-order valence-corrected chi connectivity index (χ2v) is 5.32. The minimum absolute atomic E-state index is 0.0903. The lowest BCUT2D eigenvalue weighted by Crippen LogP contribution is -2.44. The molecule has 0 bridgehead atoms. The fourth-order valence-corrected chi connectivity index (χ4v) is 2.01. The van der Waals surface area contributed by atoms with Crippen LogP contribution < -0.4 is 15.5 Å². The van der Waals surface area contributed by atoms with E-state index in [1.54, 1.807) is 6.07 Å². The molecule has 2 N–H and O–H groups in total. The van der Waals surface area contributed by atoms with Crippen molar-refractivity contribution in [1.29, 1.82) is 0 Å². The number of hydrogen-bond donors (Lipinski definition) is 2. The van der Waals surface area contributed by atoms with E-state index in [0.717, 1.165) is 32.0 Å². The molecule has 0 atom stereocenters. The Bertz CT molecular complexity index is 439. The van der Waals surface area contributed by atoms with E-state index in [2.05, 4.69) is 37.7 Å². The van der Waals surface area contributed by atoms with E-state index in [1.165, 1.54) is 0 Å². The average molecular weight is 278 g/mol. The Kier molecular flexibility index (Phi) is 4.73. The number of nitrogens with one attached hydrogen (secondary N) is 2. The molecule has 0 saturated carbocycles. The summed E-state index contributed by atoms with van der Waals surface area (Å²) in [5.41, 5.74) is 0. The summed E-state index contributed by atoms with van der Waals surface area (Å²) in [5.74, 6) is 1.31. The van der Waals surface area contributed by atoms with Gasteiger partial charge in [-0.05, 0) is 33.0 Å².